The standard InChI is InChI=1S/C118H228O13/c1-7-13-19-25-31-37-43-49-55-61-67-73-79-85-91-97-112(119)128-107-117(103-116(123)127-102-96-90-84-78-72-66-60-54-48-42-36-30-24-18-12-6,105-126-111-124-101-95-89-83-77-71-65-59-53-47-41-35-29-23-17-11-5)104-125-106-118(108-129-113(120)98-92-86-80-74-68-62-56-50-44-38-32-26-20-14-8-2,109-130-114(121)99-93-87-81-75-69-63-57-51-45-39-33-27-21-15-9-3)110-131-115(122)100-94-88-82-76-70-64-58-52-46-40-34-28-22-16-10-4/h7-111H2,1-6H3. The van der Waals surface area contributed by atoms with E-state index in [2.05, 4.69) is 41.5 Å². The van der Waals surface area contributed by atoms with Gasteiger partial charge in [-0.25, -0.2) is 0 Å². The largest absolute Gasteiger partial charge is 0.466 e. The van der Waals surface area contributed by atoms with Crippen molar-refractivity contribution in [3.05, 3.63) is 0 Å². The zero-order valence-corrected chi connectivity index (χ0v) is 89.1. The van der Waals surface area contributed by atoms with Gasteiger partial charge in [0.2, 0.25) is 0 Å². The Morgan fingerprint density at radius 2 is 0.305 bits per heavy atom. The molecule has 0 radical (unpaired) electrons. The molecule has 0 aliphatic rings. The molecule has 0 saturated carbocycles. The lowest BCUT2D eigenvalue weighted by Crippen LogP contribution is -2.46. The zero-order chi connectivity index (χ0) is 94.8. The van der Waals surface area contributed by atoms with E-state index in [0.29, 0.717) is 32.3 Å². The number of unbranched alkanes of at least 4 members (excludes halogenated alkanes) is 84. The third-order valence-electron chi connectivity index (χ3n) is 27.9. The Balaban J connectivity index is 7.15. The number of esters is 5. The van der Waals surface area contributed by atoms with Gasteiger partial charge >= 0.3 is 29.8 Å². The molecule has 131 heavy (non-hydrogen) atoms. The van der Waals surface area contributed by atoms with E-state index >= 15 is 0 Å². The summed E-state index contributed by atoms with van der Waals surface area (Å²) in [5.41, 5.74) is -2.58. The molecular formula is C118H228O13. The molecule has 13 nitrogen and oxygen atoms in total. The fourth-order valence-corrected chi connectivity index (χ4v) is 18.8. The molecule has 0 N–H and O–H groups in total. The Hall–Kier alpha value is -2.77. The maximum Gasteiger partial charge on any atom is 0.306 e. The fourth-order valence-electron chi connectivity index (χ4n) is 18.8. The number of carbonyl (C=O) groups excluding carboxylic acids is 5. The van der Waals surface area contributed by atoms with Gasteiger partial charge < -0.3 is 37.9 Å². The number of hydrogen-bond acceptors (Lipinski definition) is 13. The first kappa shape index (κ1) is 128. The summed E-state index contributed by atoms with van der Waals surface area (Å²) < 4.78 is 51.1. The Morgan fingerprint density at radius 1 is 0.145 bits per heavy atom. The molecule has 0 bridgehead atoms. The molecule has 0 fully saturated rings. The van der Waals surface area contributed by atoms with Crippen LogP contribution in [-0.4, -0.2) is 96.1 Å². The SMILES string of the molecule is CCCCCCCCCCCCCCCCCOCOCC(COCC(COC(=O)CCCCCCCCCCCCCCCCC)(COC(=O)CCCCCCCCCCCCCCCCC)COC(=O)CCCCCCCCCCCCCCCCC)(COC(=O)CCCCCCCCCCCCCCCCC)CC(=O)OCCCCCCCCCCCCCCCCC. The summed E-state index contributed by atoms with van der Waals surface area (Å²) in [7, 11) is 0. The minimum absolute atomic E-state index is 0.0224. The van der Waals surface area contributed by atoms with Crippen LogP contribution in [0.2, 0.25) is 0 Å². The lowest BCUT2D eigenvalue weighted by atomic mass is 9.86. The van der Waals surface area contributed by atoms with Crippen LogP contribution in [0.15, 0.2) is 0 Å². The topological polar surface area (TPSA) is 159 Å². The van der Waals surface area contributed by atoms with Crippen molar-refractivity contribution in [2.45, 2.75) is 652 Å². The molecule has 778 valence electrons. The van der Waals surface area contributed by atoms with Crippen molar-refractivity contribution < 1.29 is 61.9 Å². The van der Waals surface area contributed by atoms with E-state index < -0.39 is 16.8 Å². The van der Waals surface area contributed by atoms with Gasteiger partial charge in [-0.05, 0) is 38.5 Å². The molecule has 0 aromatic rings. The van der Waals surface area contributed by atoms with Crippen molar-refractivity contribution in [2.75, 3.05) is 66.3 Å². The Kier molecular flexibility index (Phi) is 105. The Morgan fingerprint density at radius 3 is 0.511 bits per heavy atom. The molecule has 0 spiro atoms. The predicted octanol–water partition coefficient (Wildman–Crippen LogP) is 37.9. The Bertz CT molecular complexity index is 2170. The van der Waals surface area contributed by atoms with Gasteiger partial charge in [-0.15, -0.1) is 0 Å². The number of carbonyl (C=O) groups is 5. The maximum absolute atomic E-state index is 14.6. The van der Waals surface area contributed by atoms with E-state index in [9.17, 15) is 24.0 Å². The van der Waals surface area contributed by atoms with Gasteiger partial charge in [0.15, 0.2) is 0 Å². The van der Waals surface area contributed by atoms with Crippen LogP contribution < -0.4 is 0 Å². The van der Waals surface area contributed by atoms with Crippen LogP contribution in [0.25, 0.3) is 0 Å². The smallest absolute Gasteiger partial charge is 0.306 e. The second-order valence-corrected chi connectivity index (χ2v) is 41.6. The van der Waals surface area contributed by atoms with Crippen molar-refractivity contribution in [3.63, 3.8) is 0 Å². The third-order valence-corrected chi connectivity index (χ3v) is 27.9. The van der Waals surface area contributed by atoms with E-state index in [-0.39, 0.29) is 116 Å². The van der Waals surface area contributed by atoms with E-state index in [1.54, 1.807) is 0 Å². The summed E-state index contributed by atoms with van der Waals surface area (Å²) in [4.78, 5) is 71.3. The summed E-state index contributed by atoms with van der Waals surface area (Å²) in [6, 6.07) is 0. The summed E-state index contributed by atoms with van der Waals surface area (Å²) in [5, 5.41) is 0. The van der Waals surface area contributed by atoms with Crippen LogP contribution in [0.1, 0.15) is 652 Å². The second-order valence-electron chi connectivity index (χ2n) is 41.6. The quantitative estimate of drug-likeness (QED) is 0.0245. The Labute approximate surface area is 815 Å². The van der Waals surface area contributed by atoms with Crippen molar-refractivity contribution in [1.29, 1.82) is 0 Å². The molecular weight excluding hydrogens is 1630 g/mol. The molecule has 0 aromatic carbocycles. The highest BCUT2D eigenvalue weighted by molar-refractivity contribution is 5.72. The highest BCUT2D eigenvalue weighted by atomic mass is 16.7. The molecule has 0 heterocycles. The fraction of sp³-hybridized carbons (Fsp3) is 0.958. The molecule has 0 rings (SSSR count). The lowest BCUT2D eigenvalue weighted by molar-refractivity contribution is -0.176. The molecule has 0 aromatic heterocycles. The van der Waals surface area contributed by atoms with Gasteiger partial charge in [0.05, 0.1) is 43.7 Å². The van der Waals surface area contributed by atoms with Crippen LogP contribution in [0.5, 0.6) is 0 Å². The van der Waals surface area contributed by atoms with Crippen molar-refractivity contribution >= 4 is 29.8 Å². The van der Waals surface area contributed by atoms with Crippen molar-refractivity contribution in [3.8, 4) is 0 Å². The average Bonchev–Trinajstić information content (AvgIpc) is 0.838. The van der Waals surface area contributed by atoms with Crippen LogP contribution in [-0.2, 0) is 61.9 Å². The number of ether oxygens (including phenoxy) is 8. The first-order chi connectivity index (χ1) is 64.5. The summed E-state index contributed by atoms with van der Waals surface area (Å²) in [6.07, 6.45) is 112. The molecule has 1 atom stereocenters. The van der Waals surface area contributed by atoms with E-state index in [1.165, 1.54) is 443 Å². The third kappa shape index (κ3) is 98.6. The first-order valence-corrected chi connectivity index (χ1v) is 59.1. The highest BCUT2D eigenvalue weighted by Gasteiger charge is 2.41. The predicted molar refractivity (Wildman–Crippen MR) is 560 cm³/mol. The van der Waals surface area contributed by atoms with Gasteiger partial charge in [-0.3, -0.25) is 24.0 Å². The van der Waals surface area contributed by atoms with Gasteiger partial charge in [-0.2, -0.15) is 0 Å². The summed E-state index contributed by atoms with van der Waals surface area (Å²) in [6.45, 7) is 13.3. The number of rotatable bonds is 114. The van der Waals surface area contributed by atoms with Gasteiger partial charge in [0.25, 0.3) is 0 Å². The van der Waals surface area contributed by atoms with Crippen LogP contribution in [0, 0.1) is 10.8 Å². The van der Waals surface area contributed by atoms with E-state index in [0.717, 1.165) is 109 Å². The minimum atomic E-state index is -1.33. The lowest BCUT2D eigenvalue weighted by Gasteiger charge is -2.35. The minimum Gasteiger partial charge on any atom is -0.466 e. The van der Waals surface area contributed by atoms with E-state index in [4.69, 9.17) is 37.9 Å². The van der Waals surface area contributed by atoms with Crippen LogP contribution >= 0.6 is 0 Å². The van der Waals surface area contributed by atoms with Gasteiger partial charge in [0.1, 0.15) is 33.2 Å². The molecule has 13 heteroatoms. The van der Waals surface area contributed by atoms with Crippen molar-refractivity contribution in [1.82, 2.24) is 0 Å². The number of hydrogen-bond donors (Lipinski definition) is 0. The molecule has 0 aliphatic heterocycles. The van der Waals surface area contributed by atoms with Crippen LogP contribution in [0.3, 0.4) is 0 Å². The highest BCUT2D eigenvalue weighted by Crippen LogP contribution is 2.31. The summed E-state index contributed by atoms with van der Waals surface area (Å²) >= 11 is 0. The van der Waals surface area contributed by atoms with Gasteiger partial charge in [-0.1, -0.05) is 581 Å². The monoisotopic (exact) mass is 1850 g/mol. The zero-order valence-electron chi connectivity index (χ0n) is 89.1. The van der Waals surface area contributed by atoms with Crippen molar-refractivity contribution in [2.24, 2.45) is 10.8 Å². The van der Waals surface area contributed by atoms with Crippen LogP contribution in [0.4, 0.5) is 0 Å². The van der Waals surface area contributed by atoms with Gasteiger partial charge in [0, 0.05) is 32.3 Å². The molecule has 0 saturated heterocycles. The normalized spacial score (nSPS) is 12.2. The second kappa shape index (κ2) is 108. The molecule has 0 amide bonds. The maximum atomic E-state index is 14.6. The molecule has 1 unspecified atom stereocenters. The average molecular weight is 1860 g/mol. The molecule has 0 aliphatic carbocycles. The first-order valence-electron chi connectivity index (χ1n) is 59.1. The van der Waals surface area contributed by atoms with E-state index in [1.807, 2.05) is 0 Å². The summed E-state index contributed by atoms with van der Waals surface area (Å²) in [5.74, 6) is -1.84.